The van der Waals surface area contributed by atoms with Gasteiger partial charge in [0.1, 0.15) is 11.9 Å². The molecule has 0 bridgehead atoms. The van der Waals surface area contributed by atoms with Crippen molar-refractivity contribution in [2.24, 2.45) is 0 Å². The summed E-state index contributed by atoms with van der Waals surface area (Å²) >= 11 is 0. The van der Waals surface area contributed by atoms with E-state index in [9.17, 15) is 5.11 Å². The lowest BCUT2D eigenvalue weighted by Gasteiger charge is -2.38. The van der Waals surface area contributed by atoms with Crippen LogP contribution in [0.4, 0.5) is 0 Å². The Hall–Kier alpha value is -1.06. The SMILES string of the molecule is CC(C)Oc1ccccc1C(O)C(C)(C)N(C)C. The van der Waals surface area contributed by atoms with Gasteiger partial charge in [-0.05, 0) is 47.9 Å². The molecule has 3 heteroatoms. The molecule has 0 aliphatic heterocycles. The molecule has 0 aliphatic carbocycles. The van der Waals surface area contributed by atoms with Gasteiger partial charge < -0.3 is 14.7 Å². The largest absolute Gasteiger partial charge is 0.491 e. The fraction of sp³-hybridized carbons (Fsp3) is 0.600. The first-order chi connectivity index (χ1) is 8.26. The molecule has 0 aromatic heterocycles. The molecule has 0 saturated carbocycles. The van der Waals surface area contributed by atoms with Crippen molar-refractivity contribution in [2.75, 3.05) is 14.1 Å². The number of hydrogen-bond donors (Lipinski definition) is 1. The van der Waals surface area contributed by atoms with Gasteiger partial charge in [-0.1, -0.05) is 18.2 Å². The van der Waals surface area contributed by atoms with Crippen LogP contribution in [-0.2, 0) is 0 Å². The van der Waals surface area contributed by atoms with E-state index in [0.717, 1.165) is 11.3 Å². The van der Waals surface area contributed by atoms with Crippen LogP contribution in [-0.4, -0.2) is 35.7 Å². The average Bonchev–Trinajstić information content (AvgIpc) is 2.27. The van der Waals surface area contributed by atoms with Crippen molar-refractivity contribution in [3.63, 3.8) is 0 Å². The van der Waals surface area contributed by atoms with Gasteiger partial charge in [0, 0.05) is 11.1 Å². The van der Waals surface area contributed by atoms with Gasteiger partial charge in [-0.25, -0.2) is 0 Å². The minimum Gasteiger partial charge on any atom is -0.491 e. The predicted molar refractivity (Wildman–Crippen MR) is 74.9 cm³/mol. The van der Waals surface area contributed by atoms with Crippen molar-refractivity contribution < 1.29 is 9.84 Å². The monoisotopic (exact) mass is 251 g/mol. The Morgan fingerprint density at radius 1 is 1.17 bits per heavy atom. The van der Waals surface area contributed by atoms with E-state index in [2.05, 4.69) is 0 Å². The molecular weight excluding hydrogens is 226 g/mol. The maximum absolute atomic E-state index is 10.6. The van der Waals surface area contributed by atoms with Crippen LogP contribution < -0.4 is 4.74 Å². The summed E-state index contributed by atoms with van der Waals surface area (Å²) < 4.78 is 5.76. The van der Waals surface area contributed by atoms with Gasteiger partial charge in [0.25, 0.3) is 0 Å². The molecule has 0 spiro atoms. The van der Waals surface area contributed by atoms with Gasteiger partial charge in [0.05, 0.1) is 6.10 Å². The summed E-state index contributed by atoms with van der Waals surface area (Å²) in [5, 5.41) is 10.6. The molecule has 1 aromatic carbocycles. The molecule has 0 aliphatic rings. The number of benzene rings is 1. The summed E-state index contributed by atoms with van der Waals surface area (Å²) in [6, 6.07) is 7.69. The molecule has 1 aromatic rings. The van der Waals surface area contributed by atoms with Crippen LogP contribution in [0.25, 0.3) is 0 Å². The molecule has 1 atom stereocenters. The second kappa shape index (κ2) is 5.72. The lowest BCUT2D eigenvalue weighted by molar-refractivity contribution is 0.0141. The number of hydrogen-bond acceptors (Lipinski definition) is 3. The van der Waals surface area contributed by atoms with E-state index in [1.807, 2.05) is 71.0 Å². The fourth-order valence-corrected chi connectivity index (χ4v) is 1.69. The van der Waals surface area contributed by atoms with Gasteiger partial charge >= 0.3 is 0 Å². The van der Waals surface area contributed by atoms with Crippen molar-refractivity contribution in [1.82, 2.24) is 4.90 Å². The highest BCUT2D eigenvalue weighted by molar-refractivity contribution is 5.36. The van der Waals surface area contributed by atoms with E-state index in [0.29, 0.717) is 0 Å². The van der Waals surface area contributed by atoms with Crippen molar-refractivity contribution in [1.29, 1.82) is 0 Å². The number of rotatable bonds is 5. The molecule has 1 N–H and O–H groups in total. The Kier molecular flexibility index (Phi) is 4.77. The molecule has 1 rings (SSSR count). The number of likely N-dealkylation sites (N-methyl/N-ethyl adjacent to an activating group) is 1. The zero-order chi connectivity index (χ0) is 13.9. The third-order valence-corrected chi connectivity index (χ3v) is 3.40. The summed E-state index contributed by atoms with van der Waals surface area (Å²) in [7, 11) is 3.93. The predicted octanol–water partition coefficient (Wildman–Crippen LogP) is 2.85. The topological polar surface area (TPSA) is 32.7 Å². The molecule has 0 fully saturated rings. The Morgan fingerprint density at radius 3 is 2.22 bits per heavy atom. The summed E-state index contributed by atoms with van der Waals surface area (Å²) in [6.07, 6.45) is -0.497. The van der Waals surface area contributed by atoms with Crippen molar-refractivity contribution in [3.8, 4) is 5.75 Å². The first-order valence-corrected chi connectivity index (χ1v) is 6.38. The lowest BCUT2D eigenvalue weighted by atomic mass is 9.89. The Balaban J connectivity index is 3.09. The minimum atomic E-state index is -0.595. The van der Waals surface area contributed by atoms with E-state index in [4.69, 9.17) is 4.74 Å². The molecule has 0 heterocycles. The average molecular weight is 251 g/mol. The fourth-order valence-electron chi connectivity index (χ4n) is 1.69. The minimum absolute atomic E-state index is 0.0980. The zero-order valence-electron chi connectivity index (χ0n) is 12.3. The number of para-hydroxylation sites is 1. The smallest absolute Gasteiger partial charge is 0.125 e. The molecule has 0 radical (unpaired) electrons. The normalized spacial score (nSPS) is 14.1. The number of nitrogens with zero attached hydrogens (tertiary/aromatic N) is 1. The summed E-state index contributed by atoms with van der Waals surface area (Å²) in [6.45, 7) is 8.01. The number of aliphatic hydroxyl groups excluding tert-OH is 1. The first-order valence-electron chi connectivity index (χ1n) is 6.38. The molecule has 102 valence electrons. The molecule has 0 saturated heterocycles. The number of ether oxygens (including phenoxy) is 1. The Morgan fingerprint density at radius 2 is 1.72 bits per heavy atom. The highest BCUT2D eigenvalue weighted by Crippen LogP contribution is 2.34. The molecule has 3 nitrogen and oxygen atoms in total. The highest BCUT2D eigenvalue weighted by atomic mass is 16.5. The van der Waals surface area contributed by atoms with E-state index in [-0.39, 0.29) is 11.6 Å². The van der Waals surface area contributed by atoms with Gasteiger partial charge in [0.15, 0.2) is 0 Å². The van der Waals surface area contributed by atoms with Crippen LogP contribution in [0, 0.1) is 0 Å². The zero-order valence-corrected chi connectivity index (χ0v) is 12.3. The third-order valence-electron chi connectivity index (χ3n) is 3.40. The van der Waals surface area contributed by atoms with Crippen LogP contribution in [0.2, 0.25) is 0 Å². The van der Waals surface area contributed by atoms with Crippen LogP contribution >= 0.6 is 0 Å². The molecular formula is C15H25NO2. The van der Waals surface area contributed by atoms with E-state index >= 15 is 0 Å². The van der Waals surface area contributed by atoms with Crippen molar-refractivity contribution in [2.45, 2.75) is 45.4 Å². The van der Waals surface area contributed by atoms with E-state index in [1.54, 1.807) is 0 Å². The molecule has 0 amide bonds. The van der Waals surface area contributed by atoms with E-state index < -0.39 is 6.10 Å². The van der Waals surface area contributed by atoms with Crippen molar-refractivity contribution in [3.05, 3.63) is 29.8 Å². The first kappa shape index (κ1) is 15.0. The standard InChI is InChI=1S/C15H25NO2/c1-11(2)18-13-10-8-7-9-12(13)14(17)15(3,4)16(5)6/h7-11,14,17H,1-6H3. The molecule has 18 heavy (non-hydrogen) atoms. The number of aliphatic hydroxyl groups is 1. The van der Waals surface area contributed by atoms with Crippen molar-refractivity contribution >= 4 is 0 Å². The van der Waals surface area contributed by atoms with Gasteiger partial charge in [-0.15, -0.1) is 0 Å². The molecule has 1 unspecified atom stereocenters. The van der Waals surface area contributed by atoms with Crippen LogP contribution in [0.5, 0.6) is 5.75 Å². The summed E-state index contributed by atoms with van der Waals surface area (Å²) in [4.78, 5) is 2.02. The van der Waals surface area contributed by atoms with Crippen LogP contribution in [0.15, 0.2) is 24.3 Å². The maximum Gasteiger partial charge on any atom is 0.125 e. The van der Waals surface area contributed by atoms with Crippen LogP contribution in [0.1, 0.15) is 39.4 Å². The quantitative estimate of drug-likeness (QED) is 0.873. The van der Waals surface area contributed by atoms with Crippen LogP contribution in [0.3, 0.4) is 0 Å². The Labute approximate surface area is 110 Å². The van der Waals surface area contributed by atoms with E-state index in [1.165, 1.54) is 0 Å². The Bertz CT molecular complexity index is 386. The van der Waals surface area contributed by atoms with Gasteiger partial charge in [0.2, 0.25) is 0 Å². The third kappa shape index (κ3) is 3.24. The van der Waals surface area contributed by atoms with Gasteiger partial charge in [-0.3, -0.25) is 0 Å². The summed E-state index contributed by atoms with van der Waals surface area (Å²) in [5.74, 6) is 0.759. The highest BCUT2D eigenvalue weighted by Gasteiger charge is 2.33. The second-order valence-corrected chi connectivity index (χ2v) is 5.66. The maximum atomic E-state index is 10.6. The second-order valence-electron chi connectivity index (χ2n) is 5.66. The summed E-state index contributed by atoms with van der Waals surface area (Å²) in [5.41, 5.74) is 0.487. The van der Waals surface area contributed by atoms with Gasteiger partial charge in [-0.2, -0.15) is 0 Å². The lowest BCUT2D eigenvalue weighted by Crippen LogP contribution is -2.43.